The number of carbonyl (C=O) groups is 2. The first-order valence-corrected chi connectivity index (χ1v) is 8.42. The first kappa shape index (κ1) is 17.4. The number of aliphatic carboxylic acids is 1. The number of hydrogen-bond acceptors (Lipinski definition) is 4. The Kier molecular flexibility index (Phi) is 5.06. The molecule has 2 aromatic rings. The molecule has 134 valence electrons. The maximum Gasteiger partial charge on any atom is 0.325 e. The van der Waals surface area contributed by atoms with Crippen LogP contribution in [0.15, 0.2) is 30.5 Å². The molecule has 1 fully saturated rings. The summed E-state index contributed by atoms with van der Waals surface area (Å²) >= 11 is 0. The van der Waals surface area contributed by atoms with Gasteiger partial charge < -0.3 is 15.0 Å². The summed E-state index contributed by atoms with van der Waals surface area (Å²) in [4.78, 5) is 32.6. The summed E-state index contributed by atoms with van der Waals surface area (Å²) in [5, 5.41) is 10.8. The Labute approximate surface area is 146 Å². The van der Waals surface area contributed by atoms with Crippen molar-refractivity contribution in [1.29, 1.82) is 0 Å². The molecule has 1 aromatic heterocycles. The number of benzene rings is 1. The highest BCUT2D eigenvalue weighted by Gasteiger charge is 2.32. The molecule has 1 unspecified atom stereocenters. The van der Waals surface area contributed by atoms with E-state index in [9.17, 15) is 14.7 Å². The van der Waals surface area contributed by atoms with Gasteiger partial charge in [-0.2, -0.15) is 0 Å². The van der Waals surface area contributed by atoms with Crippen LogP contribution in [0, 0.1) is 0 Å². The molecular weight excluding hydrogens is 320 g/mol. The zero-order valence-corrected chi connectivity index (χ0v) is 14.6. The first-order valence-electron chi connectivity index (χ1n) is 8.42. The summed E-state index contributed by atoms with van der Waals surface area (Å²) in [7, 11) is 3.49. The maximum absolute atomic E-state index is 12.0. The number of H-pyrrole nitrogens is 1. The van der Waals surface area contributed by atoms with E-state index >= 15 is 0 Å². The summed E-state index contributed by atoms with van der Waals surface area (Å²) in [6.07, 6.45) is 1.80. The number of rotatable bonds is 5. The molecule has 1 aliphatic rings. The summed E-state index contributed by atoms with van der Waals surface area (Å²) in [6.45, 7) is 3.00. The molecule has 0 saturated carbocycles. The molecule has 0 radical (unpaired) electrons. The average molecular weight is 344 g/mol. The SMILES string of the molecule is CN(C)C(=O)CN1CCN(C(C(=O)O)c2c[nH]c3ccccc23)CC1. The molecule has 25 heavy (non-hydrogen) atoms. The van der Waals surface area contributed by atoms with Gasteiger partial charge in [0, 0.05) is 62.9 Å². The molecule has 0 bridgehead atoms. The van der Waals surface area contributed by atoms with Crippen molar-refractivity contribution in [3.63, 3.8) is 0 Å². The first-order chi connectivity index (χ1) is 12.0. The maximum atomic E-state index is 12.0. The Hall–Kier alpha value is -2.38. The van der Waals surface area contributed by atoms with E-state index in [2.05, 4.69) is 9.88 Å². The van der Waals surface area contributed by atoms with E-state index in [-0.39, 0.29) is 5.91 Å². The van der Waals surface area contributed by atoms with Crippen LogP contribution in [0.4, 0.5) is 0 Å². The van der Waals surface area contributed by atoms with Crippen LogP contribution in [0.25, 0.3) is 10.9 Å². The standard InChI is InChI=1S/C18H24N4O3/c1-20(2)16(23)12-21-7-9-22(10-8-21)17(18(24)25)14-11-19-15-6-4-3-5-13(14)15/h3-6,11,17,19H,7-10,12H2,1-2H3,(H,24,25). The van der Waals surface area contributed by atoms with Gasteiger partial charge >= 0.3 is 5.97 Å². The number of carbonyl (C=O) groups excluding carboxylic acids is 1. The number of hydrogen-bond donors (Lipinski definition) is 2. The predicted molar refractivity (Wildman–Crippen MR) is 95.4 cm³/mol. The summed E-state index contributed by atoms with van der Waals surface area (Å²) in [6, 6.07) is 7.07. The normalized spacial score (nSPS) is 17.5. The van der Waals surface area contributed by atoms with Crippen LogP contribution < -0.4 is 0 Å². The van der Waals surface area contributed by atoms with Crippen LogP contribution in [-0.2, 0) is 9.59 Å². The Morgan fingerprint density at radius 1 is 1.20 bits per heavy atom. The quantitative estimate of drug-likeness (QED) is 0.846. The number of likely N-dealkylation sites (N-methyl/N-ethyl adjacent to an activating group) is 1. The molecule has 1 atom stereocenters. The number of nitrogens with one attached hydrogen (secondary N) is 1. The van der Waals surface area contributed by atoms with E-state index in [1.54, 1.807) is 25.2 Å². The number of fused-ring (bicyclic) bond motifs is 1. The third-order valence-electron chi connectivity index (χ3n) is 4.78. The molecule has 2 N–H and O–H groups in total. The number of aromatic nitrogens is 1. The monoisotopic (exact) mass is 344 g/mol. The minimum Gasteiger partial charge on any atom is -0.480 e. The number of carboxylic acids is 1. The van der Waals surface area contributed by atoms with Gasteiger partial charge in [-0.1, -0.05) is 18.2 Å². The Balaban J connectivity index is 1.73. The zero-order chi connectivity index (χ0) is 18.0. The fraction of sp³-hybridized carbons (Fsp3) is 0.444. The number of nitrogens with zero attached hydrogens (tertiary/aromatic N) is 3. The second kappa shape index (κ2) is 7.25. The smallest absolute Gasteiger partial charge is 0.325 e. The third-order valence-corrected chi connectivity index (χ3v) is 4.78. The number of aromatic amines is 1. The Bertz CT molecular complexity index is 763. The number of para-hydroxylation sites is 1. The van der Waals surface area contributed by atoms with E-state index in [1.165, 1.54) is 0 Å². The number of amides is 1. The molecule has 1 amide bonds. The number of carboxylic acid groups (broad SMARTS) is 1. The van der Waals surface area contributed by atoms with Gasteiger partial charge in [-0.05, 0) is 6.07 Å². The predicted octanol–water partition coefficient (Wildman–Crippen LogP) is 0.999. The Morgan fingerprint density at radius 3 is 2.52 bits per heavy atom. The average Bonchev–Trinajstić information content (AvgIpc) is 3.00. The van der Waals surface area contributed by atoms with Crippen molar-refractivity contribution < 1.29 is 14.7 Å². The lowest BCUT2D eigenvalue weighted by atomic mass is 10.0. The van der Waals surface area contributed by atoms with Gasteiger partial charge in [0.1, 0.15) is 6.04 Å². The molecular formula is C18H24N4O3. The molecule has 1 saturated heterocycles. The van der Waals surface area contributed by atoms with E-state index in [0.29, 0.717) is 32.7 Å². The fourth-order valence-corrected chi connectivity index (χ4v) is 3.32. The lowest BCUT2D eigenvalue weighted by Gasteiger charge is -2.37. The summed E-state index contributed by atoms with van der Waals surface area (Å²) in [5.74, 6) is -0.776. The van der Waals surface area contributed by atoms with Gasteiger partial charge in [-0.25, -0.2) is 0 Å². The lowest BCUT2D eigenvalue weighted by Crippen LogP contribution is -2.51. The minimum absolute atomic E-state index is 0.0693. The van der Waals surface area contributed by atoms with Crippen molar-refractivity contribution in [2.24, 2.45) is 0 Å². The van der Waals surface area contributed by atoms with Gasteiger partial charge in [0.05, 0.1) is 6.54 Å². The summed E-state index contributed by atoms with van der Waals surface area (Å²) < 4.78 is 0. The van der Waals surface area contributed by atoms with E-state index in [4.69, 9.17) is 0 Å². The van der Waals surface area contributed by atoms with Gasteiger partial charge in [0.15, 0.2) is 0 Å². The molecule has 0 spiro atoms. The van der Waals surface area contributed by atoms with E-state index in [1.807, 2.05) is 29.2 Å². The molecule has 7 heteroatoms. The van der Waals surface area contributed by atoms with Gasteiger partial charge in [0.2, 0.25) is 5.91 Å². The van der Waals surface area contributed by atoms with Crippen LogP contribution in [-0.4, -0.2) is 83.5 Å². The van der Waals surface area contributed by atoms with Crippen molar-refractivity contribution in [2.45, 2.75) is 6.04 Å². The van der Waals surface area contributed by atoms with Crippen molar-refractivity contribution in [1.82, 2.24) is 19.7 Å². The lowest BCUT2D eigenvalue weighted by molar-refractivity contribution is -0.145. The van der Waals surface area contributed by atoms with Crippen molar-refractivity contribution in [3.8, 4) is 0 Å². The minimum atomic E-state index is -0.845. The van der Waals surface area contributed by atoms with E-state index < -0.39 is 12.0 Å². The largest absolute Gasteiger partial charge is 0.480 e. The topological polar surface area (TPSA) is 79.9 Å². The van der Waals surface area contributed by atoms with Gasteiger partial charge in [0.25, 0.3) is 0 Å². The second-order valence-electron chi connectivity index (χ2n) is 6.63. The third kappa shape index (κ3) is 3.67. The van der Waals surface area contributed by atoms with Gasteiger partial charge in [-0.3, -0.25) is 19.4 Å². The van der Waals surface area contributed by atoms with Crippen LogP contribution in [0.1, 0.15) is 11.6 Å². The molecule has 7 nitrogen and oxygen atoms in total. The molecule has 2 heterocycles. The van der Waals surface area contributed by atoms with Crippen LogP contribution in [0.5, 0.6) is 0 Å². The molecule has 1 aromatic carbocycles. The highest BCUT2D eigenvalue weighted by atomic mass is 16.4. The summed E-state index contributed by atoms with van der Waals surface area (Å²) in [5.41, 5.74) is 1.74. The number of piperazine rings is 1. The highest BCUT2D eigenvalue weighted by molar-refractivity contribution is 5.89. The Morgan fingerprint density at radius 2 is 1.88 bits per heavy atom. The van der Waals surface area contributed by atoms with Crippen molar-refractivity contribution in [3.05, 3.63) is 36.0 Å². The van der Waals surface area contributed by atoms with Crippen LogP contribution >= 0.6 is 0 Å². The van der Waals surface area contributed by atoms with Crippen LogP contribution in [0.2, 0.25) is 0 Å². The van der Waals surface area contributed by atoms with Crippen molar-refractivity contribution in [2.75, 3.05) is 46.8 Å². The fourth-order valence-electron chi connectivity index (χ4n) is 3.32. The molecule has 1 aliphatic heterocycles. The van der Waals surface area contributed by atoms with Crippen molar-refractivity contribution >= 4 is 22.8 Å². The molecule has 3 rings (SSSR count). The van der Waals surface area contributed by atoms with E-state index in [0.717, 1.165) is 16.5 Å². The second-order valence-corrected chi connectivity index (χ2v) is 6.63. The molecule has 0 aliphatic carbocycles. The highest BCUT2D eigenvalue weighted by Crippen LogP contribution is 2.29. The zero-order valence-electron chi connectivity index (χ0n) is 14.6. The van der Waals surface area contributed by atoms with Crippen LogP contribution in [0.3, 0.4) is 0 Å². The van der Waals surface area contributed by atoms with Gasteiger partial charge in [-0.15, -0.1) is 0 Å².